The first-order valence-corrected chi connectivity index (χ1v) is 3.85. The van der Waals surface area contributed by atoms with Crippen molar-refractivity contribution in [2.75, 3.05) is 0 Å². The first-order chi connectivity index (χ1) is 5.70. The number of hydrogen-bond donors (Lipinski definition) is 1. The number of aliphatic hydroxyl groups excluding tert-OH is 1. The topological polar surface area (TPSA) is 20.2 Å². The maximum absolute atomic E-state index is 8.74. The maximum Gasteiger partial charge on any atom is 0.0854 e. The SMILES string of the molecule is C=C.C=C/C(=C\C)CCC(=C)O. The lowest BCUT2D eigenvalue weighted by Crippen LogP contribution is -1.81. The van der Waals surface area contributed by atoms with Crippen LogP contribution >= 0.6 is 0 Å². The lowest BCUT2D eigenvalue weighted by Gasteiger charge is -1.98. The predicted molar refractivity (Wildman–Crippen MR) is 56.2 cm³/mol. The highest BCUT2D eigenvalue weighted by Gasteiger charge is 1.91. The third kappa shape index (κ3) is 8.76. The molecule has 0 aromatic rings. The molecule has 0 amide bonds. The van der Waals surface area contributed by atoms with Crippen LogP contribution in [0.25, 0.3) is 0 Å². The lowest BCUT2D eigenvalue weighted by molar-refractivity contribution is 0.391. The monoisotopic (exact) mass is 166 g/mol. The number of rotatable bonds is 4. The van der Waals surface area contributed by atoms with Crippen molar-refractivity contribution in [1.82, 2.24) is 0 Å². The van der Waals surface area contributed by atoms with Crippen molar-refractivity contribution in [1.29, 1.82) is 0 Å². The molecule has 0 heterocycles. The second kappa shape index (κ2) is 9.76. The summed E-state index contributed by atoms with van der Waals surface area (Å²) in [5.74, 6) is 0.237. The van der Waals surface area contributed by atoms with Crippen LogP contribution in [0.4, 0.5) is 0 Å². The van der Waals surface area contributed by atoms with Crippen molar-refractivity contribution < 1.29 is 5.11 Å². The normalized spacial score (nSPS) is 9.58. The van der Waals surface area contributed by atoms with E-state index >= 15 is 0 Å². The molecule has 0 saturated heterocycles. The van der Waals surface area contributed by atoms with Crippen molar-refractivity contribution in [2.24, 2.45) is 0 Å². The van der Waals surface area contributed by atoms with E-state index in [-0.39, 0.29) is 5.76 Å². The van der Waals surface area contributed by atoms with E-state index in [2.05, 4.69) is 26.3 Å². The van der Waals surface area contributed by atoms with Gasteiger partial charge in [-0.15, -0.1) is 13.2 Å². The van der Waals surface area contributed by atoms with Crippen LogP contribution in [0.5, 0.6) is 0 Å². The molecule has 0 bridgehead atoms. The quantitative estimate of drug-likeness (QED) is 0.383. The van der Waals surface area contributed by atoms with Gasteiger partial charge in [-0.2, -0.15) is 0 Å². The molecule has 0 rings (SSSR count). The zero-order valence-electron chi connectivity index (χ0n) is 7.84. The second-order valence-corrected chi connectivity index (χ2v) is 2.13. The van der Waals surface area contributed by atoms with Crippen LogP contribution in [0.15, 0.2) is 49.8 Å². The van der Waals surface area contributed by atoms with Gasteiger partial charge in [-0.25, -0.2) is 0 Å². The van der Waals surface area contributed by atoms with Crippen LogP contribution in [0.3, 0.4) is 0 Å². The van der Waals surface area contributed by atoms with Crippen LogP contribution in [0.1, 0.15) is 19.8 Å². The van der Waals surface area contributed by atoms with Crippen LogP contribution < -0.4 is 0 Å². The molecule has 1 N–H and O–H groups in total. The van der Waals surface area contributed by atoms with Gasteiger partial charge in [-0.3, -0.25) is 0 Å². The van der Waals surface area contributed by atoms with Crippen molar-refractivity contribution in [2.45, 2.75) is 19.8 Å². The molecule has 0 aliphatic heterocycles. The molecule has 1 heteroatoms. The average molecular weight is 166 g/mol. The average Bonchev–Trinajstić information content (AvgIpc) is 2.09. The van der Waals surface area contributed by atoms with E-state index in [1.165, 1.54) is 0 Å². The van der Waals surface area contributed by atoms with Gasteiger partial charge in [-0.05, 0) is 13.3 Å². The Bertz CT molecular complexity index is 166. The van der Waals surface area contributed by atoms with Gasteiger partial charge < -0.3 is 5.11 Å². The minimum atomic E-state index is 0.237. The van der Waals surface area contributed by atoms with Crippen molar-refractivity contribution >= 4 is 0 Å². The predicted octanol–water partition coefficient (Wildman–Crippen LogP) is 3.77. The Kier molecular flexibility index (Phi) is 10.9. The molecule has 0 aliphatic carbocycles. The molecule has 0 aromatic heterocycles. The summed E-state index contributed by atoms with van der Waals surface area (Å²) in [6.07, 6.45) is 5.24. The van der Waals surface area contributed by atoms with Gasteiger partial charge in [0.1, 0.15) is 0 Å². The summed E-state index contributed by atoms with van der Waals surface area (Å²) in [4.78, 5) is 0. The standard InChI is InChI=1S/C9H14O.C2H4/c1-4-9(5-2)7-6-8(3)10;1-2/h4-5,10H,1,3,6-7H2,2H3;1-2H2/b9-5+;. The van der Waals surface area contributed by atoms with Gasteiger partial charge in [-0.1, -0.05) is 30.9 Å². The van der Waals surface area contributed by atoms with Gasteiger partial charge in [0.25, 0.3) is 0 Å². The summed E-state index contributed by atoms with van der Waals surface area (Å²) >= 11 is 0. The Balaban J connectivity index is 0. The minimum Gasteiger partial charge on any atom is -0.513 e. The van der Waals surface area contributed by atoms with Gasteiger partial charge in [0, 0.05) is 6.42 Å². The third-order valence-corrected chi connectivity index (χ3v) is 1.34. The van der Waals surface area contributed by atoms with Crippen LogP contribution in [-0.2, 0) is 0 Å². The highest BCUT2D eigenvalue weighted by Crippen LogP contribution is 2.08. The fourth-order valence-electron chi connectivity index (χ4n) is 0.653. The molecule has 12 heavy (non-hydrogen) atoms. The van der Waals surface area contributed by atoms with Gasteiger partial charge in [0.05, 0.1) is 5.76 Å². The summed E-state index contributed by atoms with van der Waals surface area (Å²) in [6, 6.07) is 0. The van der Waals surface area contributed by atoms with E-state index in [4.69, 9.17) is 5.11 Å². The number of aliphatic hydroxyl groups is 1. The molecule has 0 aromatic carbocycles. The van der Waals surface area contributed by atoms with Crippen molar-refractivity contribution in [3.63, 3.8) is 0 Å². The molecule has 0 saturated carbocycles. The largest absolute Gasteiger partial charge is 0.513 e. The Morgan fingerprint density at radius 3 is 2.08 bits per heavy atom. The smallest absolute Gasteiger partial charge is 0.0854 e. The number of allylic oxidation sites excluding steroid dienone is 4. The summed E-state index contributed by atoms with van der Waals surface area (Å²) < 4.78 is 0. The van der Waals surface area contributed by atoms with E-state index in [1.54, 1.807) is 6.08 Å². The van der Waals surface area contributed by atoms with E-state index in [0.29, 0.717) is 6.42 Å². The fourth-order valence-corrected chi connectivity index (χ4v) is 0.653. The fraction of sp³-hybridized carbons (Fsp3) is 0.273. The summed E-state index contributed by atoms with van der Waals surface area (Å²) in [5, 5.41) is 8.74. The Morgan fingerprint density at radius 2 is 1.83 bits per heavy atom. The molecule has 0 spiro atoms. The Labute approximate surface area is 75.4 Å². The Morgan fingerprint density at radius 1 is 1.33 bits per heavy atom. The van der Waals surface area contributed by atoms with E-state index < -0.39 is 0 Å². The van der Waals surface area contributed by atoms with Gasteiger partial charge in [0.15, 0.2) is 0 Å². The van der Waals surface area contributed by atoms with Crippen LogP contribution in [0.2, 0.25) is 0 Å². The van der Waals surface area contributed by atoms with Crippen LogP contribution in [-0.4, -0.2) is 5.11 Å². The first kappa shape index (κ1) is 13.4. The molecule has 0 fully saturated rings. The third-order valence-electron chi connectivity index (χ3n) is 1.34. The van der Waals surface area contributed by atoms with Gasteiger partial charge >= 0.3 is 0 Å². The highest BCUT2D eigenvalue weighted by molar-refractivity contribution is 5.15. The molecule has 0 unspecified atom stereocenters. The Hall–Kier alpha value is -1.24. The zero-order chi connectivity index (χ0) is 9.98. The molecule has 0 atom stereocenters. The highest BCUT2D eigenvalue weighted by atomic mass is 16.3. The molecular formula is C11H18O. The molecular weight excluding hydrogens is 148 g/mol. The molecule has 68 valence electrons. The second-order valence-electron chi connectivity index (χ2n) is 2.13. The van der Waals surface area contributed by atoms with Crippen molar-refractivity contribution in [3.8, 4) is 0 Å². The molecule has 0 aliphatic rings. The van der Waals surface area contributed by atoms with E-state index in [1.807, 2.05) is 13.0 Å². The summed E-state index contributed by atoms with van der Waals surface area (Å²) in [5.41, 5.74) is 1.15. The molecule has 0 radical (unpaired) electrons. The minimum absolute atomic E-state index is 0.237. The van der Waals surface area contributed by atoms with E-state index in [0.717, 1.165) is 12.0 Å². The van der Waals surface area contributed by atoms with Crippen LogP contribution in [0, 0.1) is 0 Å². The molecule has 1 nitrogen and oxygen atoms in total. The number of hydrogen-bond acceptors (Lipinski definition) is 1. The van der Waals surface area contributed by atoms with Crippen molar-refractivity contribution in [3.05, 3.63) is 49.8 Å². The summed E-state index contributed by atoms with van der Waals surface area (Å²) in [6.45, 7) is 15.0. The maximum atomic E-state index is 8.74. The lowest BCUT2D eigenvalue weighted by atomic mass is 10.1. The summed E-state index contributed by atoms with van der Waals surface area (Å²) in [7, 11) is 0. The first-order valence-electron chi connectivity index (χ1n) is 3.85. The van der Waals surface area contributed by atoms with E-state index in [9.17, 15) is 0 Å². The zero-order valence-corrected chi connectivity index (χ0v) is 7.84. The van der Waals surface area contributed by atoms with Gasteiger partial charge in [0.2, 0.25) is 0 Å².